The van der Waals surface area contributed by atoms with Crippen molar-refractivity contribution in [1.29, 1.82) is 0 Å². The minimum absolute atomic E-state index is 0.144. The molecule has 158 valence electrons. The van der Waals surface area contributed by atoms with Gasteiger partial charge in [-0.3, -0.25) is 9.78 Å². The molecule has 31 heavy (non-hydrogen) atoms. The molecule has 0 spiro atoms. The molecular weight excluding hydrogens is 390 g/mol. The first-order chi connectivity index (χ1) is 15.2. The van der Waals surface area contributed by atoms with Gasteiger partial charge in [0.05, 0.1) is 22.9 Å². The highest BCUT2D eigenvalue weighted by Gasteiger charge is 2.27. The topological polar surface area (TPSA) is 72.4 Å². The van der Waals surface area contributed by atoms with Crippen molar-refractivity contribution in [2.45, 2.75) is 38.1 Å². The zero-order valence-corrected chi connectivity index (χ0v) is 17.3. The lowest BCUT2D eigenvalue weighted by molar-refractivity contribution is -0.143. The molecule has 0 N–H and O–H groups in total. The second kappa shape index (κ2) is 9.98. The number of hydrogen-bond donors (Lipinski definition) is 0. The van der Waals surface area contributed by atoms with Gasteiger partial charge < -0.3 is 9.64 Å². The number of aromatic nitrogens is 2. The van der Waals surface area contributed by atoms with Gasteiger partial charge in [-0.25, -0.2) is 9.78 Å². The number of amides is 1. The van der Waals surface area contributed by atoms with E-state index in [-0.39, 0.29) is 18.6 Å². The highest BCUT2D eigenvalue weighted by Crippen LogP contribution is 2.27. The van der Waals surface area contributed by atoms with Gasteiger partial charge >= 0.3 is 5.97 Å². The molecule has 1 fully saturated rings. The number of carbonyl (C=O) groups is 2. The molecule has 1 amide bonds. The first-order valence-electron chi connectivity index (χ1n) is 10.6. The summed E-state index contributed by atoms with van der Waals surface area (Å²) in [5.41, 5.74) is 2.93. The second-order valence-electron chi connectivity index (χ2n) is 7.62. The minimum Gasteiger partial charge on any atom is -0.452 e. The van der Waals surface area contributed by atoms with E-state index >= 15 is 0 Å². The lowest BCUT2D eigenvalue weighted by atomic mass is 9.93. The third-order valence-corrected chi connectivity index (χ3v) is 5.44. The van der Waals surface area contributed by atoms with Crippen LogP contribution in [0.4, 0.5) is 5.69 Å². The van der Waals surface area contributed by atoms with E-state index in [1.165, 1.54) is 12.5 Å². The lowest BCUT2D eigenvalue weighted by Gasteiger charge is -2.34. The number of fused-ring (bicyclic) bond motifs is 1. The molecular formula is C25H25N3O3. The molecule has 0 saturated heterocycles. The van der Waals surface area contributed by atoms with Gasteiger partial charge in [-0.05, 0) is 43.2 Å². The second-order valence-corrected chi connectivity index (χ2v) is 7.62. The van der Waals surface area contributed by atoms with E-state index in [2.05, 4.69) is 9.97 Å². The van der Waals surface area contributed by atoms with Gasteiger partial charge in [0, 0.05) is 17.8 Å². The number of carbonyl (C=O) groups excluding carboxylic acids is 2. The fourth-order valence-electron chi connectivity index (χ4n) is 3.94. The summed E-state index contributed by atoms with van der Waals surface area (Å²) in [7, 11) is 0. The number of benzene rings is 2. The van der Waals surface area contributed by atoms with Crippen LogP contribution in [-0.2, 0) is 14.3 Å². The first kappa shape index (κ1) is 20.7. The number of para-hydroxylation sites is 3. The van der Waals surface area contributed by atoms with Gasteiger partial charge in [-0.1, -0.05) is 49.6 Å². The van der Waals surface area contributed by atoms with E-state index < -0.39 is 5.97 Å². The van der Waals surface area contributed by atoms with Crippen molar-refractivity contribution in [2.24, 2.45) is 0 Å². The van der Waals surface area contributed by atoms with E-state index in [0.29, 0.717) is 5.69 Å². The maximum atomic E-state index is 13.0. The maximum Gasteiger partial charge on any atom is 0.331 e. The third kappa shape index (κ3) is 5.34. The molecule has 1 aliphatic rings. The number of rotatable bonds is 6. The van der Waals surface area contributed by atoms with Crippen LogP contribution < -0.4 is 4.90 Å². The van der Waals surface area contributed by atoms with Gasteiger partial charge in [0.15, 0.2) is 6.61 Å². The standard InChI is InChI=1S/C25H25N3O3/c29-24(28(20-9-3-1-4-10-20)21-11-5-2-6-12-21)18-31-25(30)16-15-19-17-26-22-13-7-8-14-23(22)27-19/h1,3-4,7-10,13-17,21H,2,5-6,11-12,18H2/b16-15+. The van der Waals surface area contributed by atoms with Crippen molar-refractivity contribution >= 4 is 34.7 Å². The van der Waals surface area contributed by atoms with E-state index in [9.17, 15) is 9.59 Å². The van der Waals surface area contributed by atoms with Crippen LogP contribution in [0.15, 0.2) is 66.9 Å². The van der Waals surface area contributed by atoms with E-state index in [4.69, 9.17) is 4.74 Å². The summed E-state index contributed by atoms with van der Waals surface area (Å²) in [4.78, 5) is 35.7. The molecule has 0 aliphatic heterocycles. The van der Waals surface area contributed by atoms with Crippen molar-refractivity contribution in [1.82, 2.24) is 9.97 Å². The number of hydrogen-bond acceptors (Lipinski definition) is 5. The number of nitrogens with zero attached hydrogens (tertiary/aromatic N) is 3. The highest BCUT2D eigenvalue weighted by atomic mass is 16.5. The quantitative estimate of drug-likeness (QED) is 0.436. The van der Waals surface area contributed by atoms with Crippen molar-refractivity contribution in [2.75, 3.05) is 11.5 Å². The fraction of sp³-hybridized carbons (Fsp3) is 0.280. The van der Waals surface area contributed by atoms with Crippen LogP contribution in [0.2, 0.25) is 0 Å². The summed E-state index contributed by atoms with van der Waals surface area (Å²) in [6, 6.07) is 17.3. The Hall–Kier alpha value is -3.54. The average Bonchev–Trinajstić information content (AvgIpc) is 2.83. The molecule has 1 aromatic heterocycles. The smallest absolute Gasteiger partial charge is 0.331 e. The SMILES string of the molecule is O=C(/C=C/c1cnc2ccccc2n1)OCC(=O)N(c1ccccc1)C1CCCCC1. The summed E-state index contributed by atoms with van der Waals surface area (Å²) in [5.74, 6) is -0.787. The Morgan fingerprint density at radius 2 is 1.68 bits per heavy atom. The molecule has 6 heteroatoms. The van der Waals surface area contributed by atoms with Gasteiger partial charge in [0.25, 0.3) is 5.91 Å². The van der Waals surface area contributed by atoms with Crippen LogP contribution in [-0.4, -0.2) is 34.5 Å². The van der Waals surface area contributed by atoms with E-state index in [0.717, 1.165) is 42.4 Å². The summed E-state index contributed by atoms with van der Waals surface area (Å²) < 4.78 is 5.24. The Morgan fingerprint density at radius 3 is 2.45 bits per heavy atom. The van der Waals surface area contributed by atoms with E-state index in [1.807, 2.05) is 54.6 Å². The Morgan fingerprint density at radius 1 is 0.968 bits per heavy atom. The molecule has 4 rings (SSSR count). The monoisotopic (exact) mass is 415 g/mol. The lowest BCUT2D eigenvalue weighted by Crippen LogP contribution is -2.43. The molecule has 0 bridgehead atoms. The highest BCUT2D eigenvalue weighted by molar-refractivity contribution is 5.97. The van der Waals surface area contributed by atoms with Crippen molar-refractivity contribution in [3.63, 3.8) is 0 Å². The van der Waals surface area contributed by atoms with Gasteiger partial charge in [-0.15, -0.1) is 0 Å². The van der Waals surface area contributed by atoms with E-state index in [1.54, 1.807) is 17.2 Å². The Labute approximate surface area is 181 Å². The molecule has 6 nitrogen and oxygen atoms in total. The fourth-order valence-corrected chi connectivity index (χ4v) is 3.94. The molecule has 0 radical (unpaired) electrons. The summed E-state index contributed by atoms with van der Waals surface area (Å²) in [6.45, 7) is -0.294. The van der Waals surface area contributed by atoms with Crippen LogP contribution in [0.25, 0.3) is 17.1 Å². The summed E-state index contributed by atoms with van der Waals surface area (Å²) >= 11 is 0. The van der Waals surface area contributed by atoms with Crippen molar-refractivity contribution < 1.29 is 14.3 Å². The van der Waals surface area contributed by atoms with Gasteiger partial charge in [0.2, 0.25) is 0 Å². The summed E-state index contributed by atoms with van der Waals surface area (Å²) in [6.07, 6.45) is 9.77. The third-order valence-electron chi connectivity index (χ3n) is 5.44. The predicted molar refractivity (Wildman–Crippen MR) is 120 cm³/mol. The zero-order valence-electron chi connectivity index (χ0n) is 17.3. The van der Waals surface area contributed by atoms with Crippen LogP contribution in [0.3, 0.4) is 0 Å². The first-order valence-corrected chi connectivity index (χ1v) is 10.6. The van der Waals surface area contributed by atoms with Gasteiger partial charge in [-0.2, -0.15) is 0 Å². The molecule has 2 aromatic carbocycles. The van der Waals surface area contributed by atoms with Gasteiger partial charge in [0.1, 0.15) is 0 Å². The molecule has 1 aliphatic carbocycles. The largest absolute Gasteiger partial charge is 0.452 e. The van der Waals surface area contributed by atoms with Crippen LogP contribution in [0.5, 0.6) is 0 Å². The Kier molecular flexibility index (Phi) is 6.67. The average molecular weight is 415 g/mol. The molecule has 3 aromatic rings. The maximum absolute atomic E-state index is 13.0. The Balaban J connectivity index is 1.39. The summed E-state index contributed by atoms with van der Waals surface area (Å²) in [5, 5.41) is 0. The Bertz CT molecular complexity index is 1080. The predicted octanol–water partition coefficient (Wildman–Crippen LogP) is 4.55. The van der Waals surface area contributed by atoms with Crippen LogP contribution in [0.1, 0.15) is 37.8 Å². The number of esters is 1. The molecule has 1 saturated carbocycles. The normalized spacial score (nSPS) is 14.6. The number of anilines is 1. The molecule has 0 atom stereocenters. The minimum atomic E-state index is -0.583. The van der Waals surface area contributed by atoms with Crippen LogP contribution in [0, 0.1) is 0 Å². The number of ether oxygens (including phenoxy) is 1. The molecule has 0 unspecified atom stereocenters. The zero-order chi connectivity index (χ0) is 21.5. The van der Waals surface area contributed by atoms with Crippen molar-refractivity contribution in [3.8, 4) is 0 Å². The molecule has 1 heterocycles. The van der Waals surface area contributed by atoms with Crippen molar-refractivity contribution in [3.05, 3.63) is 72.6 Å². The van der Waals surface area contributed by atoms with Crippen LogP contribution >= 0.6 is 0 Å².